The summed E-state index contributed by atoms with van der Waals surface area (Å²) in [5, 5.41) is 14.5. The highest BCUT2D eigenvalue weighted by Gasteiger charge is 2.21. The number of amides is 2. The van der Waals surface area contributed by atoms with Crippen molar-refractivity contribution in [2.75, 3.05) is 16.4 Å². The molecule has 1 atom stereocenters. The van der Waals surface area contributed by atoms with E-state index in [1.165, 1.54) is 18.7 Å². The van der Waals surface area contributed by atoms with Gasteiger partial charge in [0.15, 0.2) is 6.10 Å². The van der Waals surface area contributed by atoms with Crippen LogP contribution in [0.5, 0.6) is 0 Å². The standard InChI is InChI=1S/C26H23N3O4S/c1-17-8-3-5-12-22(17)29-25(31)18(2)33-26(32)21-11-4-6-13-23(21)34-16-24(30)28-20-10-7-9-19(14-20)15-27/h3-14,18H,16H2,1-2H3,(H,28,30)(H,29,31). The molecule has 0 spiro atoms. The first-order valence-corrected chi connectivity index (χ1v) is 11.4. The molecule has 3 aromatic rings. The highest BCUT2D eigenvalue weighted by molar-refractivity contribution is 8.00. The number of thioether (sulfide) groups is 1. The number of hydrogen-bond acceptors (Lipinski definition) is 6. The molecule has 0 saturated carbocycles. The van der Waals surface area contributed by atoms with Crippen LogP contribution >= 0.6 is 11.8 Å². The van der Waals surface area contributed by atoms with Gasteiger partial charge in [0.25, 0.3) is 5.91 Å². The predicted octanol–water partition coefficient (Wildman–Crippen LogP) is 4.78. The van der Waals surface area contributed by atoms with E-state index in [1.807, 2.05) is 31.2 Å². The van der Waals surface area contributed by atoms with Gasteiger partial charge in [-0.05, 0) is 55.8 Å². The molecule has 8 heteroatoms. The number of anilines is 2. The molecule has 1 unspecified atom stereocenters. The molecule has 0 aliphatic rings. The van der Waals surface area contributed by atoms with Crippen LogP contribution < -0.4 is 10.6 Å². The number of carbonyl (C=O) groups is 3. The molecule has 7 nitrogen and oxygen atoms in total. The third-order valence-corrected chi connectivity index (χ3v) is 5.87. The maximum absolute atomic E-state index is 12.8. The molecule has 0 saturated heterocycles. The predicted molar refractivity (Wildman–Crippen MR) is 132 cm³/mol. The third kappa shape index (κ3) is 6.70. The molecule has 2 amide bonds. The van der Waals surface area contributed by atoms with Crippen LogP contribution in [0.1, 0.15) is 28.4 Å². The molecule has 172 valence electrons. The van der Waals surface area contributed by atoms with Gasteiger partial charge in [0.1, 0.15) is 0 Å². The molecule has 0 aliphatic heterocycles. The van der Waals surface area contributed by atoms with Gasteiger partial charge < -0.3 is 15.4 Å². The normalized spacial score (nSPS) is 11.1. The molecule has 0 heterocycles. The summed E-state index contributed by atoms with van der Waals surface area (Å²) in [4.78, 5) is 38.1. The van der Waals surface area contributed by atoms with E-state index in [0.717, 1.165) is 5.56 Å². The summed E-state index contributed by atoms with van der Waals surface area (Å²) in [5.41, 5.74) is 2.78. The van der Waals surface area contributed by atoms with Crippen LogP contribution in [-0.2, 0) is 14.3 Å². The van der Waals surface area contributed by atoms with Crippen molar-refractivity contribution in [2.24, 2.45) is 0 Å². The second-order valence-corrected chi connectivity index (χ2v) is 8.39. The minimum Gasteiger partial charge on any atom is -0.449 e. The number of esters is 1. The molecular weight excluding hydrogens is 450 g/mol. The smallest absolute Gasteiger partial charge is 0.340 e. The lowest BCUT2D eigenvalue weighted by Gasteiger charge is -2.16. The lowest BCUT2D eigenvalue weighted by molar-refractivity contribution is -0.123. The number of nitrogens with one attached hydrogen (secondary N) is 2. The lowest BCUT2D eigenvalue weighted by Crippen LogP contribution is -2.30. The molecule has 0 radical (unpaired) electrons. The Balaban J connectivity index is 1.59. The van der Waals surface area contributed by atoms with Gasteiger partial charge in [-0.1, -0.05) is 36.4 Å². The average Bonchev–Trinajstić information content (AvgIpc) is 2.84. The van der Waals surface area contributed by atoms with Crippen LogP contribution in [0.2, 0.25) is 0 Å². The number of nitrogens with zero attached hydrogens (tertiary/aromatic N) is 1. The first-order chi connectivity index (χ1) is 16.4. The highest BCUT2D eigenvalue weighted by Crippen LogP contribution is 2.24. The van der Waals surface area contributed by atoms with Crippen LogP contribution in [0.3, 0.4) is 0 Å². The summed E-state index contributed by atoms with van der Waals surface area (Å²) in [5.74, 6) is -1.33. The van der Waals surface area contributed by atoms with Crippen molar-refractivity contribution in [1.29, 1.82) is 5.26 Å². The van der Waals surface area contributed by atoms with Gasteiger partial charge >= 0.3 is 5.97 Å². The molecule has 3 rings (SSSR count). The monoisotopic (exact) mass is 473 g/mol. The average molecular weight is 474 g/mol. The Hall–Kier alpha value is -4.09. The van der Waals surface area contributed by atoms with E-state index in [0.29, 0.717) is 21.8 Å². The topological polar surface area (TPSA) is 108 Å². The van der Waals surface area contributed by atoms with Crippen molar-refractivity contribution in [3.05, 3.63) is 89.5 Å². The van der Waals surface area contributed by atoms with Gasteiger partial charge in [0.2, 0.25) is 5.91 Å². The SMILES string of the molecule is Cc1ccccc1NC(=O)C(C)OC(=O)c1ccccc1SCC(=O)Nc1cccc(C#N)c1. The number of benzene rings is 3. The highest BCUT2D eigenvalue weighted by atomic mass is 32.2. The van der Waals surface area contributed by atoms with Crippen molar-refractivity contribution in [3.8, 4) is 6.07 Å². The third-order valence-electron chi connectivity index (χ3n) is 4.80. The van der Waals surface area contributed by atoms with Gasteiger partial charge in [-0.2, -0.15) is 5.26 Å². The van der Waals surface area contributed by atoms with E-state index in [9.17, 15) is 14.4 Å². The fourth-order valence-electron chi connectivity index (χ4n) is 2.99. The fraction of sp³-hybridized carbons (Fsp3) is 0.154. The van der Waals surface area contributed by atoms with Crippen molar-refractivity contribution in [3.63, 3.8) is 0 Å². The Morgan fingerprint density at radius 1 is 1.00 bits per heavy atom. The van der Waals surface area contributed by atoms with Crippen molar-refractivity contribution in [1.82, 2.24) is 0 Å². The molecule has 34 heavy (non-hydrogen) atoms. The quantitative estimate of drug-likeness (QED) is 0.360. The van der Waals surface area contributed by atoms with E-state index in [2.05, 4.69) is 10.6 Å². The van der Waals surface area contributed by atoms with Crippen LogP contribution in [0.25, 0.3) is 0 Å². The van der Waals surface area contributed by atoms with E-state index in [-0.39, 0.29) is 17.2 Å². The maximum atomic E-state index is 12.8. The van der Waals surface area contributed by atoms with E-state index >= 15 is 0 Å². The van der Waals surface area contributed by atoms with Crippen molar-refractivity contribution < 1.29 is 19.1 Å². The molecule has 3 aromatic carbocycles. The van der Waals surface area contributed by atoms with E-state index in [4.69, 9.17) is 10.00 Å². The Bertz CT molecular complexity index is 1250. The van der Waals surface area contributed by atoms with Gasteiger partial charge in [0, 0.05) is 16.3 Å². The number of nitriles is 1. The summed E-state index contributed by atoms with van der Waals surface area (Å²) in [6.07, 6.45) is -1.01. The second kappa shape index (κ2) is 11.7. The number of hydrogen-bond donors (Lipinski definition) is 2. The molecule has 0 bridgehead atoms. The van der Waals surface area contributed by atoms with Gasteiger partial charge in [-0.3, -0.25) is 9.59 Å². The Morgan fingerprint density at radius 3 is 2.50 bits per heavy atom. The minimum absolute atomic E-state index is 0.0460. The Kier molecular flexibility index (Phi) is 8.43. The van der Waals surface area contributed by atoms with E-state index in [1.54, 1.807) is 54.6 Å². The first-order valence-electron chi connectivity index (χ1n) is 10.5. The van der Waals surface area contributed by atoms with Gasteiger partial charge in [-0.15, -0.1) is 11.8 Å². The summed E-state index contributed by atoms with van der Waals surface area (Å²) >= 11 is 1.17. The van der Waals surface area contributed by atoms with Gasteiger partial charge in [-0.25, -0.2) is 4.79 Å². The zero-order chi connectivity index (χ0) is 24.5. The Labute approximate surface area is 202 Å². The number of para-hydroxylation sites is 1. The lowest BCUT2D eigenvalue weighted by atomic mass is 10.2. The fourth-order valence-corrected chi connectivity index (χ4v) is 3.83. The first kappa shape index (κ1) is 24.6. The molecule has 2 N–H and O–H groups in total. The summed E-state index contributed by atoms with van der Waals surface area (Å²) in [6, 6.07) is 22.7. The number of aryl methyl sites for hydroxylation is 1. The summed E-state index contributed by atoms with van der Waals surface area (Å²) in [6.45, 7) is 3.38. The largest absolute Gasteiger partial charge is 0.449 e. The molecule has 0 aromatic heterocycles. The van der Waals surface area contributed by atoms with Crippen LogP contribution in [0, 0.1) is 18.3 Å². The minimum atomic E-state index is -1.01. The zero-order valence-corrected chi connectivity index (χ0v) is 19.5. The molecular formula is C26H23N3O4S. The van der Waals surface area contributed by atoms with Crippen LogP contribution in [-0.4, -0.2) is 29.6 Å². The molecule has 0 fully saturated rings. The Morgan fingerprint density at radius 2 is 1.74 bits per heavy atom. The van der Waals surface area contributed by atoms with Crippen molar-refractivity contribution >= 4 is 40.9 Å². The number of rotatable bonds is 8. The summed E-state index contributed by atoms with van der Waals surface area (Å²) in [7, 11) is 0. The molecule has 0 aliphatic carbocycles. The maximum Gasteiger partial charge on any atom is 0.340 e. The van der Waals surface area contributed by atoms with Crippen LogP contribution in [0.15, 0.2) is 77.7 Å². The van der Waals surface area contributed by atoms with Gasteiger partial charge in [0.05, 0.1) is 22.9 Å². The second-order valence-electron chi connectivity index (χ2n) is 7.38. The van der Waals surface area contributed by atoms with Crippen LogP contribution in [0.4, 0.5) is 11.4 Å². The zero-order valence-electron chi connectivity index (χ0n) is 18.7. The number of carbonyl (C=O) groups excluding carboxylic acids is 3. The summed E-state index contributed by atoms with van der Waals surface area (Å²) < 4.78 is 5.38. The number of ether oxygens (including phenoxy) is 1. The van der Waals surface area contributed by atoms with E-state index < -0.39 is 18.0 Å². The van der Waals surface area contributed by atoms with Crippen molar-refractivity contribution in [2.45, 2.75) is 24.8 Å².